The first-order valence-corrected chi connectivity index (χ1v) is 11.6. The van der Waals surface area contributed by atoms with E-state index >= 15 is 0 Å². The van der Waals surface area contributed by atoms with E-state index < -0.39 is 47.5 Å². The molecule has 1 aliphatic rings. The number of nitrogens with zero attached hydrogens (tertiary/aromatic N) is 4. The summed E-state index contributed by atoms with van der Waals surface area (Å²) in [6.07, 6.45) is -7.50. The van der Waals surface area contributed by atoms with Gasteiger partial charge in [0.05, 0.1) is 28.8 Å². The van der Waals surface area contributed by atoms with E-state index in [0.29, 0.717) is 0 Å². The van der Waals surface area contributed by atoms with Gasteiger partial charge in [-0.3, -0.25) is 14.6 Å². The van der Waals surface area contributed by atoms with Crippen LogP contribution in [0, 0.1) is 5.41 Å². The Kier molecular flexibility index (Phi) is 7.50. The van der Waals surface area contributed by atoms with Crippen LogP contribution in [-0.2, 0) is 11.0 Å². The number of anilines is 2. The maximum atomic E-state index is 14.0. The van der Waals surface area contributed by atoms with Gasteiger partial charge in [0.1, 0.15) is 11.2 Å². The lowest BCUT2D eigenvalue weighted by Gasteiger charge is -2.33. The lowest BCUT2D eigenvalue weighted by Crippen LogP contribution is -2.43. The number of aromatic nitrogens is 3. The quantitative estimate of drug-likeness (QED) is 0.333. The van der Waals surface area contributed by atoms with Crippen LogP contribution >= 0.6 is 0 Å². The number of halogens is 6. The summed E-state index contributed by atoms with van der Waals surface area (Å²) in [7, 11) is 0. The summed E-state index contributed by atoms with van der Waals surface area (Å²) < 4.78 is 80.8. The molecule has 1 aromatic carbocycles. The van der Waals surface area contributed by atoms with Crippen molar-refractivity contribution in [2.24, 2.45) is 10.4 Å². The van der Waals surface area contributed by atoms with E-state index in [4.69, 9.17) is 5.11 Å². The number of aliphatic carboxylic acids is 1. The monoisotopic (exact) mass is 566 g/mol. The second-order valence-corrected chi connectivity index (χ2v) is 8.96. The van der Waals surface area contributed by atoms with E-state index in [2.05, 4.69) is 30.6 Å². The third-order valence-electron chi connectivity index (χ3n) is 6.09. The molecule has 0 bridgehead atoms. The van der Waals surface area contributed by atoms with Crippen LogP contribution in [0.5, 0.6) is 0 Å². The number of rotatable bonds is 7. The van der Waals surface area contributed by atoms with Gasteiger partial charge < -0.3 is 15.7 Å². The number of carboxylic acids is 1. The number of aliphatic imine (C=N–C) groups is 1. The number of carboxylic acid groups (broad SMARTS) is 1. The second-order valence-electron chi connectivity index (χ2n) is 8.96. The molecule has 0 saturated heterocycles. The van der Waals surface area contributed by atoms with Crippen molar-refractivity contribution in [3.05, 3.63) is 65.8 Å². The van der Waals surface area contributed by atoms with Crippen LogP contribution in [0.4, 0.5) is 37.8 Å². The summed E-state index contributed by atoms with van der Waals surface area (Å²) in [6, 6.07) is 6.54. The summed E-state index contributed by atoms with van der Waals surface area (Å²) in [4.78, 5) is 39.8. The van der Waals surface area contributed by atoms with Crippen molar-refractivity contribution in [1.29, 1.82) is 0 Å². The van der Waals surface area contributed by atoms with Gasteiger partial charge in [0.2, 0.25) is 5.82 Å². The van der Waals surface area contributed by atoms with Gasteiger partial charge in [-0.2, -0.15) is 26.3 Å². The maximum absolute atomic E-state index is 14.0. The van der Waals surface area contributed by atoms with E-state index in [1.165, 1.54) is 24.4 Å². The van der Waals surface area contributed by atoms with Crippen LogP contribution in [0.1, 0.15) is 41.6 Å². The molecule has 0 saturated carbocycles. The standard InChI is InChI=1S/C25H20F6N6O3/c1-23(25(29,30)31)10-2-11-32-18(23)16-8-7-15-19(34-14-5-3-13(4-6-14)24(26,27)28)36-21(37-20(15)35-16)22(40)33-12-9-17(38)39/h2-8,11H,9-10,12H2,1H3,(H,33,40)(H,38,39)(H,34,35,36,37). The van der Waals surface area contributed by atoms with Crippen LogP contribution in [-0.4, -0.2) is 50.4 Å². The second kappa shape index (κ2) is 10.5. The highest BCUT2D eigenvalue weighted by Crippen LogP contribution is 2.45. The Balaban J connectivity index is 1.79. The molecule has 9 nitrogen and oxygen atoms in total. The van der Waals surface area contributed by atoms with Gasteiger partial charge in [-0.1, -0.05) is 6.08 Å². The Bertz CT molecular complexity index is 1520. The zero-order chi connectivity index (χ0) is 29.3. The topological polar surface area (TPSA) is 129 Å². The van der Waals surface area contributed by atoms with Gasteiger partial charge in [-0.05, 0) is 49.7 Å². The molecule has 15 heteroatoms. The normalized spacial score (nSPS) is 17.4. The van der Waals surface area contributed by atoms with E-state index in [-0.39, 0.29) is 46.9 Å². The van der Waals surface area contributed by atoms with Gasteiger partial charge >= 0.3 is 18.3 Å². The summed E-state index contributed by atoms with van der Waals surface area (Å²) in [5.41, 5.74) is -3.83. The fourth-order valence-electron chi connectivity index (χ4n) is 3.83. The number of amides is 1. The van der Waals surface area contributed by atoms with Crippen LogP contribution in [0.2, 0.25) is 0 Å². The molecule has 40 heavy (non-hydrogen) atoms. The molecule has 1 amide bonds. The highest BCUT2D eigenvalue weighted by Gasteiger charge is 2.55. The Morgan fingerprint density at radius 3 is 2.33 bits per heavy atom. The molecule has 0 fully saturated rings. The van der Waals surface area contributed by atoms with E-state index in [1.807, 2.05) is 0 Å². The van der Waals surface area contributed by atoms with Crippen LogP contribution in [0.15, 0.2) is 53.7 Å². The van der Waals surface area contributed by atoms with Gasteiger partial charge in [-0.15, -0.1) is 0 Å². The number of hydrogen-bond acceptors (Lipinski definition) is 7. The summed E-state index contributed by atoms with van der Waals surface area (Å²) in [5.74, 6) is -2.65. The molecule has 3 N–H and O–H groups in total. The smallest absolute Gasteiger partial charge is 0.416 e. The number of alkyl halides is 6. The number of carbonyl (C=O) groups excluding carboxylic acids is 1. The highest BCUT2D eigenvalue weighted by atomic mass is 19.4. The molecular formula is C25H20F6N6O3. The average molecular weight is 566 g/mol. The number of benzene rings is 1. The Morgan fingerprint density at radius 2 is 1.70 bits per heavy atom. The summed E-state index contributed by atoms with van der Waals surface area (Å²) in [6.45, 7) is 0.720. The van der Waals surface area contributed by atoms with Crippen molar-refractivity contribution in [2.75, 3.05) is 11.9 Å². The van der Waals surface area contributed by atoms with Gasteiger partial charge in [-0.25, -0.2) is 15.0 Å². The van der Waals surface area contributed by atoms with E-state index in [9.17, 15) is 35.9 Å². The summed E-state index contributed by atoms with van der Waals surface area (Å²) in [5, 5.41) is 14.0. The van der Waals surface area contributed by atoms with Crippen molar-refractivity contribution in [1.82, 2.24) is 20.3 Å². The number of allylic oxidation sites excluding steroid dienone is 1. The molecule has 0 radical (unpaired) electrons. The molecule has 210 valence electrons. The predicted molar refractivity (Wildman–Crippen MR) is 131 cm³/mol. The minimum Gasteiger partial charge on any atom is -0.481 e. The molecule has 2 aromatic heterocycles. The number of hydrogen-bond donors (Lipinski definition) is 3. The van der Waals surface area contributed by atoms with E-state index in [1.54, 1.807) is 0 Å². The fourth-order valence-corrected chi connectivity index (χ4v) is 3.83. The molecular weight excluding hydrogens is 546 g/mol. The molecule has 1 atom stereocenters. The van der Waals surface area contributed by atoms with Gasteiger partial charge in [0.25, 0.3) is 5.91 Å². The minimum absolute atomic E-state index is 0.0729. The first kappa shape index (κ1) is 28.4. The SMILES string of the molecule is CC1(C(F)(F)F)CC=CN=C1c1ccc2c(Nc3ccc(C(F)(F)F)cc3)nc(C(=O)NCCC(=O)O)nc2n1. The van der Waals surface area contributed by atoms with Crippen LogP contribution in [0.25, 0.3) is 11.0 Å². The first-order chi connectivity index (χ1) is 18.7. The Labute approximate surface area is 222 Å². The average Bonchev–Trinajstić information content (AvgIpc) is 2.87. The zero-order valence-electron chi connectivity index (χ0n) is 20.6. The van der Waals surface area contributed by atoms with Crippen molar-refractivity contribution in [3.8, 4) is 0 Å². The number of fused-ring (bicyclic) bond motifs is 1. The molecule has 3 heterocycles. The lowest BCUT2D eigenvalue weighted by molar-refractivity contribution is -0.191. The number of carbonyl (C=O) groups is 2. The van der Waals surface area contributed by atoms with Crippen molar-refractivity contribution in [2.45, 2.75) is 32.1 Å². The Morgan fingerprint density at radius 1 is 1.00 bits per heavy atom. The molecule has 4 rings (SSSR count). The van der Waals surface area contributed by atoms with Crippen LogP contribution in [0.3, 0.4) is 0 Å². The van der Waals surface area contributed by atoms with Gasteiger partial charge in [0.15, 0.2) is 5.65 Å². The minimum atomic E-state index is -4.66. The molecule has 0 spiro atoms. The van der Waals surface area contributed by atoms with Crippen molar-refractivity contribution in [3.63, 3.8) is 0 Å². The highest BCUT2D eigenvalue weighted by molar-refractivity contribution is 6.06. The third kappa shape index (κ3) is 5.87. The fraction of sp³-hybridized carbons (Fsp3) is 0.280. The predicted octanol–water partition coefficient (Wildman–Crippen LogP) is 5.27. The largest absolute Gasteiger partial charge is 0.481 e. The van der Waals surface area contributed by atoms with E-state index in [0.717, 1.165) is 31.2 Å². The maximum Gasteiger partial charge on any atom is 0.416 e. The molecule has 1 aliphatic heterocycles. The number of nitrogens with one attached hydrogen (secondary N) is 2. The number of pyridine rings is 1. The summed E-state index contributed by atoms with van der Waals surface area (Å²) >= 11 is 0. The van der Waals surface area contributed by atoms with Crippen LogP contribution < -0.4 is 10.6 Å². The molecule has 1 unspecified atom stereocenters. The lowest BCUT2D eigenvalue weighted by atomic mass is 9.78. The van der Waals surface area contributed by atoms with Crippen molar-refractivity contribution >= 4 is 40.1 Å². The molecule has 0 aliphatic carbocycles. The molecule has 3 aromatic rings. The first-order valence-electron chi connectivity index (χ1n) is 11.6. The van der Waals surface area contributed by atoms with Crippen molar-refractivity contribution < 1.29 is 41.0 Å². The Hall–Kier alpha value is -4.56. The third-order valence-corrected chi connectivity index (χ3v) is 6.09. The zero-order valence-corrected chi connectivity index (χ0v) is 20.6. The van der Waals surface area contributed by atoms with Gasteiger partial charge in [0, 0.05) is 18.4 Å².